The Morgan fingerprint density at radius 3 is 2.67 bits per heavy atom. The standard InChI is InChI=1S/C10H12ClN3S/c1-7(13-14-10(15)12-2)8-5-3-4-6-9(8)11/h3-6H,1-2H3,(H2,12,14,15)/b13-7+. The summed E-state index contributed by atoms with van der Waals surface area (Å²) in [6, 6.07) is 7.53. The highest BCUT2D eigenvalue weighted by molar-refractivity contribution is 7.80. The van der Waals surface area contributed by atoms with Gasteiger partial charge in [-0.2, -0.15) is 5.10 Å². The molecule has 1 rings (SSSR count). The fourth-order valence-corrected chi connectivity index (χ4v) is 1.32. The van der Waals surface area contributed by atoms with Crippen LogP contribution in [0.15, 0.2) is 29.4 Å². The summed E-state index contributed by atoms with van der Waals surface area (Å²) in [5.74, 6) is 0. The van der Waals surface area contributed by atoms with Gasteiger partial charge in [0.05, 0.1) is 5.71 Å². The van der Waals surface area contributed by atoms with Crippen LogP contribution in [0.5, 0.6) is 0 Å². The molecule has 15 heavy (non-hydrogen) atoms. The van der Waals surface area contributed by atoms with E-state index >= 15 is 0 Å². The fourth-order valence-electron chi connectivity index (χ4n) is 1.01. The molecule has 1 aromatic carbocycles. The predicted octanol–water partition coefficient (Wildman–Crippen LogP) is 2.16. The third-order valence-electron chi connectivity index (χ3n) is 1.82. The summed E-state index contributed by atoms with van der Waals surface area (Å²) in [5, 5.41) is 8.02. The third kappa shape index (κ3) is 3.49. The van der Waals surface area contributed by atoms with E-state index in [0.29, 0.717) is 10.1 Å². The molecular formula is C10H12ClN3S. The van der Waals surface area contributed by atoms with Crippen LogP contribution in [0, 0.1) is 0 Å². The van der Waals surface area contributed by atoms with Crippen LogP contribution in [-0.2, 0) is 0 Å². The Bertz CT molecular complexity index is 390. The van der Waals surface area contributed by atoms with Gasteiger partial charge in [-0.05, 0) is 25.2 Å². The number of halogens is 1. The summed E-state index contributed by atoms with van der Waals surface area (Å²) < 4.78 is 0. The van der Waals surface area contributed by atoms with E-state index < -0.39 is 0 Å². The van der Waals surface area contributed by atoms with Crippen molar-refractivity contribution in [1.29, 1.82) is 0 Å². The van der Waals surface area contributed by atoms with Gasteiger partial charge >= 0.3 is 0 Å². The maximum absolute atomic E-state index is 6.01. The maximum Gasteiger partial charge on any atom is 0.186 e. The summed E-state index contributed by atoms with van der Waals surface area (Å²) in [5.41, 5.74) is 4.39. The van der Waals surface area contributed by atoms with Crippen LogP contribution in [-0.4, -0.2) is 17.9 Å². The minimum Gasteiger partial charge on any atom is -0.364 e. The van der Waals surface area contributed by atoms with Crippen molar-refractivity contribution in [1.82, 2.24) is 10.7 Å². The molecule has 0 fully saturated rings. The number of hydrogen-bond acceptors (Lipinski definition) is 2. The topological polar surface area (TPSA) is 36.4 Å². The van der Waals surface area contributed by atoms with Crippen molar-refractivity contribution in [2.24, 2.45) is 5.10 Å². The monoisotopic (exact) mass is 241 g/mol. The van der Waals surface area contributed by atoms with Crippen molar-refractivity contribution >= 4 is 34.6 Å². The van der Waals surface area contributed by atoms with Crippen molar-refractivity contribution in [3.8, 4) is 0 Å². The van der Waals surface area contributed by atoms with Crippen molar-refractivity contribution < 1.29 is 0 Å². The maximum atomic E-state index is 6.01. The molecule has 1 aromatic rings. The molecule has 0 heterocycles. The highest BCUT2D eigenvalue weighted by Gasteiger charge is 2.01. The Morgan fingerprint density at radius 1 is 1.40 bits per heavy atom. The zero-order valence-corrected chi connectivity index (χ0v) is 10.1. The Kier molecular flexibility index (Phi) is 4.52. The summed E-state index contributed by atoms with van der Waals surface area (Å²) >= 11 is 10.9. The normalized spacial score (nSPS) is 11.0. The summed E-state index contributed by atoms with van der Waals surface area (Å²) in [6.45, 7) is 1.87. The SMILES string of the molecule is CNC(=S)N/N=C(\C)c1ccccc1Cl. The van der Waals surface area contributed by atoms with Crippen LogP contribution in [0.1, 0.15) is 12.5 Å². The van der Waals surface area contributed by atoms with Crippen LogP contribution in [0.4, 0.5) is 0 Å². The van der Waals surface area contributed by atoms with Gasteiger partial charge < -0.3 is 5.32 Å². The van der Waals surface area contributed by atoms with Gasteiger partial charge in [-0.3, -0.25) is 5.43 Å². The van der Waals surface area contributed by atoms with Gasteiger partial charge in [0, 0.05) is 17.6 Å². The highest BCUT2D eigenvalue weighted by atomic mass is 35.5. The van der Waals surface area contributed by atoms with E-state index in [0.717, 1.165) is 11.3 Å². The minimum atomic E-state index is 0.474. The number of nitrogens with zero attached hydrogens (tertiary/aromatic N) is 1. The van der Waals surface area contributed by atoms with Gasteiger partial charge in [-0.15, -0.1) is 0 Å². The van der Waals surface area contributed by atoms with Gasteiger partial charge in [-0.25, -0.2) is 0 Å². The lowest BCUT2D eigenvalue weighted by Crippen LogP contribution is -2.29. The molecule has 0 saturated heterocycles. The van der Waals surface area contributed by atoms with Crippen molar-refractivity contribution in [3.63, 3.8) is 0 Å². The molecule has 80 valence electrons. The summed E-state index contributed by atoms with van der Waals surface area (Å²) in [7, 11) is 1.73. The quantitative estimate of drug-likeness (QED) is 0.473. The second kappa shape index (κ2) is 5.68. The third-order valence-corrected chi connectivity index (χ3v) is 2.44. The van der Waals surface area contributed by atoms with Gasteiger partial charge in [0.1, 0.15) is 0 Å². The molecule has 0 aliphatic heterocycles. The number of rotatable bonds is 2. The molecule has 5 heteroatoms. The van der Waals surface area contributed by atoms with E-state index in [1.807, 2.05) is 31.2 Å². The van der Waals surface area contributed by atoms with Crippen molar-refractivity contribution in [3.05, 3.63) is 34.9 Å². The molecule has 0 spiro atoms. The van der Waals surface area contributed by atoms with Crippen LogP contribution in [0.2, 0.25) is 5.02 Å². The molecule has 0 atom stereocenters. The molecule has 0 saturated carbocycles. The average Bonchev–Trinajstić information content (AvgIpc) is 2.26. The van der Waals surface area contributed by atoms with Crippen molar-refractivity contribution in [2.45, 2.75) is 6.92 Å². The smallest absolute Gasteiger partial charge is 0.186 e. The second-order valence-electron chi connectivity index (χ2n) is 2.87. The zero-order valence-electron chi connectivity index (χ0n) is 8.54. The van der Waals surface area contributed by atoms with Crippen LogP contribution in [0.3, 0.4) is 0 Å². The molecular weight excluding hydrogens is 230 g/mol. The fraction of sp³-hybridized carbons (Fsp3) is 0.200. The first-order chi connectivity index (χ1) is 7.15. The van der Waals surface area contributed by atoms with Gasteiger partial charge in [0.15, 0.2) is 5.11 Å². The summed E-state index contributed by atoms with van der Waals surface area (Å²) in [4.78, 5) is 0. The Hall–Kier alpha value is -1.13. The summed E-state index contributed by atoms with van der Waals surface area (Å²) in [6.07, 6.45) is 0. The molecule has 0 aromatic heterocycles. The molecule has 0 radical (unpaired) electrons. The molecule has 0 bridgehead atoms. The largest absolute Gasteiger partial charge is 0.364 e. The first kappa shape index (κ1) is 11.9. The predicted molar refractivity (Wildman–Crippen MR) is 68.5 cm³/mol. The molecule has 2 N–H and O–H groups in total. The average molecular weight is 242 g/mol. The molecule has 0 amide bonds. The van der Waals surface area contributed by atoms with Crippen LogP contribution in [0.25, 0.3) is 0 Å². The van der Waals surface area contributed by atoms with Gasteiger partial charge in [-0.1, -0.05) is 29.8 Å². The highest BCUT2D eigenvalue weighted by Crippen LogP contribution is 2.15. The molecule has 0 unspecified atom stereocenters. The Balaban J connectivity index is 2.80. The van der Waals surface area contributed by atoms with Gasteiger partial charge in [0.25, 0.3) is 0 Å². The van der Waals surface area contributed by atoms with E-state index in [9.17, 15) is 0 Å². The molecule has 0 aliphatic rings. The van der Waals surface area contributed by atoms with Gasteiger partial charge in [0.2, 0.25) is 0 Å². The van der Waals surface area contributed by atoms with E-state index in [2.05, 4.69) is 15.8 Å². The lowest BCUT2D eigenvalue weighted by atomic mass is 10.1. The first-order valence-electron chi connectivity index (χ1n) is 4.42. The number of hydrazone groups is 1. The lowest BCUT2D eigenvalue weighted by Gasteiger charge is -2.05. The molecule has 0 aliphatic carbocycles. The van der Waals surface area contributed by atoms with E-state index in [4.69, 9.17) is 23.8 Å². The van der Waals surface area contributed by atoms with Crippen LogP contribution >= 0.6 is 23.8 Å². The zero-order chi connectivity index (χ0) is 11.3. The second-order valence-corrected chi connectivity index (χ2v) is 3.68. The van der Waals surface area contributed by atoms with E-state index in [1.54, 1.807) is 7.05 Å². The number of benzene rings is 1. The minimum absolute atomic E-state index is 0.474. The van der Waals surface area contributed by atoms with E-state index in [-0.39, 0.29) is 0 Å². The number of thiocarbonyl (C=S) groups is 1. The van der Waals surface area contributed by atoms with Crippen molar-refractivity contribution in [2.75, 3.05) is 7.05 Å². The lowest BCUT2D eigenvalue weighted by molar-refractivity contribution is 0.974. The Morgan fingerprint density at radius 2 is 2.07 bits per heavy atom. The first-order valence-corrected chi connectivity index (χ1v) is 5.20. The number of nitrogens with one attached hydrogen (secondary N) is 2. The molecule has 3 nitrogen and oxygen atoms in total. The van der Waals surface area contributed by atoms with E-state index in [1.165, 1.54) is 0 Å². The Labute approximate surface area is 99.5 Å². The number of hydrogen-bond donors (Lipinski definition) is 2. The van der Waals surface area contributed by atoms with Crippen LogP contribution < -0.4 is 10.7 Å².